The van der Waals surface area contributed by atoms with Gasteiger partial charge in [0.25, 0.3) is 11.8 Å². The Hall–Kier alpha value is -2.95. The first-order chi connectivity index (χ1) is 12.2. The summed E-state index contributed by atoms with van der Waals surface area (Å²) in [5, 5.41) is 0. The third-order valence-corrected chi connectivity index (χ3v) is 4.12. The molecule has 0 saturated heterocycles. The Bertz CT molecular complexity index is 750. The van der Waals surface area contributed by atoms with Gasteiger partial charge in [-0.15, -0.1) is 0 Å². The lowest BCUT2D eigenvalue weighted by molar-refractivity contribution is -0.134. The summed E-state index contributed by atoms with van der Waals surface area (Å²) < 4.78 is 5.21. The van der Waals surface area contributed by atoms with E-state index in [9.17, 15) is 14.4 Å². The minimum absolute atomic E-state index is 0.232. The predicted octanol–water partition coefficient (Wildman–Crippen LogP) is 3.45. The molecule has 128 valence electrons. The van der Waals surface area contributed by atoms with E-state index in [2.05, 4.69) is 0 Å². The smallest absolute Gasteiger partial charge is 0.311 e. The van der Waals surface area contributed by atoms with Gasteiger partial charge in [0.15, 0.2) is 0 Å². The number of imide groups is 1. The molecular weight excluding hydrogens is 318 g/mol. The number of carbonyl (C=O) groups is 3. The average Bonchev–Trinajstić information content (AvgIpc) is 2.87. The third-order valence-electron chi connectivity index (χ3n) is 4.12. The molecule has 0 aliphatic carbocycles. The number of nitrogens with zero attached hydrogens (tertiary/aromatic N) is 1. The molecule has 0 bridgehead atoms. The van der Waals surface area contributed by atoms with Crippen molar-refractivity contribution in [2.45, 2.75) is 25.7 Å². The highest BCUT2D eigenvalue weighted by molar-refractivity contribution is 6.21. The molecule has 0 fully saturated rings. The summed E-state index contributed by atoms with van der Waals surface area (Å²) in [6.45, 7) is 0.375. The number of fused-ring (bicyclic) bond motifs is 1. The lowest BCUT2D eigenvalue weighted by Crippen LogP contribution is -2.30. The number of unbranched alkanes of at least 4 members (excludes halogenated alkanes) is 2. The minimum atomic E-state index is -0.271. The second-order valence-corrected chi connectivity index (χ2v) is 5.91. The van der Waals surface area contributed by atoms with Gasteiger partial charge in [-0.05, 0) is 37.1 Å². The first-order valence-electron chi connectivity index (χ1n) is 8.38. The topological polar surface area (TPSA) is 63.7 Å². The summed E-state index contributed by atoms with van der Waals surface area (Å²) in [4.78, 5) is 37.5. The number of para-hydroxylation sites is 1. The van der Waals surface area contributed by atoms with Crippen LogP contribution in [0.2, 0.25) is 0 Å². The molecule has 0 aromatic heterocycles. The van der Waals surface area contributed by atoms with Crippen molar-refractivity contribution in [3.63, 3.8) is 0 Å². The zero-order valence-corrected chi connectivity index (χ0v) is 13.8. The number of hydrogen-bond donors (Lipinski definition) is 0. The SMILES string of the molecule is O=C(CCCCCN1C(=O)c2ccccc2C1=O)Oc1ccccc1. The summed E-state index contributed by atoms with van der Waals surface area (Å²) in [6.07, 6.45) is 2.40. The molecular formula is C20H19NO4. The van der Waals surface area contributed by atoms with Crippen LogP contribution in [-0.4, -0.2) is 29.2 Å². The number of ether oxygens (including phenoxy) is 1. The van der Waals surface area contributed by atoms with E-state index in [-0.39, 0.29) is 17.8 Å². The van der Waals surface area contributed by atoms with Gasteiger partial charge in [0.2, 0.25) is 0 Å². The van der Waals surface area contributed by atoms with Crippen molar-refractivity contribution in [2.75, 3.05) is 6.54 Å². The van der Waals surface area contributed by atoms with Gasteiger partial charge in [0, 0.05) is 13.0 Å². The van der Waals surface area contributed by atoms with Gasteiger partial charge in [0.05, 0.1) is 11.1 Å². The van der Waals surface area contributed by atoms with Gasteiger partial charge in [-0.2, -0.15) is 0 Å². The largest absolute Gasteiger partial charge is 0.427 e. The van der Waals surface area contributed by atoms with Gasteiger partial charge in [-0.25, -0.2) is 0 Å². The highest BCUT2D eigenvalue weighted by Gasteiger charge is 2.34. The maximum absolute atomic E-state index is 12.2. The molecule has 25 heavy (non-hydrogen) atoms. The van der Waals surface area contributed by atoms with Crippen LogP contribution in [0.3, 0.4) is 0 Å². The van der Waals surface area contributed by atoms with Crippen molar-refractivity contribution in [1.29, 1.82) is 0 Å². The Morgan fingerprint density at radius 1 is 0.800 bits per heavy atom. The Kier molecular flexibility index (Phi) is 5.23. The van der Waals surface area contributed by atoms with Gasteiger partial charge in [-0.1, -0.05) is 36.8 Å². The molecule has 0 radical (unpaired) electrons. The molecule has 1 heterocycles. The molecule has 0 unspecified atom stereocenters. The quantitative estimate of drug-likeness (QED) is 0.336. The molecule has 5 nitrogen and oxygen atoms in total. The lowest BCUT2D eigenvalue weighted by Gasteiger charge is -2.13. The Labute approximate surface area is 146 Å². The van der Waals surface area contributed by atoms with Crippen molar-refractivity contribution in [3.05, 3.63) is 65.7 Å². The summed E-state index contributed by atoms with van der Waals surface area (Å²) in [5.74, 6) is -0.196. The molecule has 1 aliphatic rings. The van der Waals surface area contributed by atoms with E-state index in [1.54, 1.807) is 36.4 Å². The normalized spacial score (nSPS) is 13.0. The second-order valence-electron chi connectivity index (χ2n) is 5.91. The molecule has 2 amide bonds. The van der Waals surface area contributed by atoms with Crippen LogP contribution >= 0.6 is 0 Å². The van der Waals surface area contributed by atoms with Gasteiger partial charge < -0.3 is 4.74 Å². The van der Waals surface area contributed by atoms with E-state index in [1.165, 1.54) is 4.90 Å². The minimum Gasteiger partial charge on any atom is -0.427 e. The molecule has 2 aromatic rings. The van der Waals surface area contributed by atoms with Crippen LogP contribution in [0.4, 0.5) is 0 Å². The van der Waals surface area contributed by atoms with Crippen LogP contribution in [0.5, 0.6) is 5.75 Å². The molecule has 0 N–H and O–H groups in total. The Morgan fingerprint density at radius 2 is 1.40 bits per heavy atom. The number of amides is 2. The molecule has 5 heteroatoms. The number of hydrogen-bond acceptors (Lipinski definition) is 4. The summed E-state index contributed by atoms with van der Waals surface area (Å²) in [6, 6.07) is 15.8. The molecule has 0 spiro atoms. The summed E-state index contributed by atoms with van der Waals surface area (Å²) in [5.41, 5.74) is 0.942. The van der Waals surface area contributed by atoms with E-state index in [0.717, 1.165) is 6.42 Å². The maximum atomic E-state index is 12.2. The van der Waals surface area contributed by atoms with Crippen molar-refractivity contribution in [1.82, 2.24) is 4.90 Å². The van der Waals surface area contributed by atoms with E-state index < -0.39 is 0 Å². The van der Waals surface area contributed by atoms with Gasteiger partial charge in [0.1, 0.15) is 5.75 Å². The monoisotopic (exact) mass is 337 g/mol. The fraction of sp³-hybridized carbons (Fsp3) is 0.250. The van der Waals surface area contributed by atoms with Crippen molar-refractivity contribution in [3.8, 4) is 5.75 Å². The first-order valence-corrected chi connectivity index (χ1v) is 8.38. The highest BCUT2D eigenvalue weighted by Crippen LogP contribution is 2.22. The third kappa shape index (κ3) is 3.94. The van der Waals surface area contributed by atoms with Crippen LogP contribution in [0.25, 0.3) is 0 Å². The number of rotatable bonds is 7. The van der Waals surface area contributed by atoms with Crippen LogP contribution in [0, 0.1) is 0 Å². The maximum Gasteiger partial charge on any atom is 0.311 e. The first kappa shape index (κ1) is 16.9. The highest BCUT2D eigenvalue weighted by atomic mass is 16.5. The van der Waals surface area contributed by atoms with E-state index >= 15 is 0 Å². The van der Waals surface area contributed by atoms with Crippen LogP contribution in [0.1, 0.15) is 46.4 Å². The molecule has 3 rings (SSSR count). The second kappa shape index (κ2) is 7.75. The van der Waals surface area contributed by atoms with Crippen molar-refractivity contribution in [2.24, 2.45) is 0 Å². The number of esters is 1. The average molecular weight is 337 g/mol. The molecule has 0 atom stereocenters. The summed E-state index contributed by atoms with van der Waals surface area (Å²) >= 11 is 0. The lowest BCUT2D eigenvalue weighted by atomic mass is 10.1. The fourth-order valence-electron chi connectivity index (χ4n) is 2.83. The fourth-order valence-corrected chi connectivity index (χ4v) is 2.83. The van der Waals surface area contributed by atoms with Crippen molar-refractivity contribution >= 4 is 17.8 Å². The van der Waals surface area contributed by atoms with Crippen LogP contribution < -0.4 is 4.74 Å². The van der Waals surface area contributed by atoms with E-state index in [0.29, 0.717) is 42.7 Å². The predicted molar refractivity (Wildman–Crippen MR) is 92.4 cm³/mol. The molecule has 0 saturated carbocycles. The Balaban J connectivity index is 1.39. The van der Waals surface area contributed by atoms with Gasteiger partial charge in [-0.3, -0.25) is 19.3 Å². The standard InChI is InChI=1S/C20H19NO4/c22-18(25-15-9-3-1-4-10-15)13-5-2-8-14-21-19(23)16-11-6-7-12-17(16)20(21)24/h1,3-4,6-7,9-12H,2,5,8,13-14H2. The van der Waals surface area contributed by atoms with Crippen molar-refractivity contribution < 1.29 is 19.1 Å². The van der Waals surface area contributed by atoms with Crippen LogP contribution in [0.15, 0.2) is 54.6 Å². The summed E-state index contributed by atoms with van der Waals surface area (Å²) in [7, 11) is 0. The molecule has 2 aromatic carbocycles. The van der Waals surface area contributed by atoms with Gasteiger partial charge >= 0.3 is 5.97 Å². The van der Waals surface area contributed by atoms with E-state index in [4.69, 9.17) is 4.74 Å². The van der Waals surface area contributed by atoms with Crippen LogP contribution in [-0.2, 0) is 4.79 Å². The number of benzene rings is 2. The zero-order chi connectivity index (χ0) is 17.6. The van der Waals surface area contributed by atoms with E-state index in [1.807, 2.05) is 18.2 Å². The molecule has 1 aliphatic heterocycles. The zero-order valence-electron chi connectivity index (χ0n) is 13.8. The number of carbonyl (C=O) groups excluding carboxylic acids is 3. The Morgan fingerprint density at radius 3 is 2.04 bits per heavy atom.